The van der Waals surface area contributed by atoms with Crippen LogP contribution in [0.25, 0.3) is 0 Å². The van der Waals surface area contributed by atoms with E-state index in [0.717, 1.165) is 0 Å². The fraction of sp³-hybridized carbons (Fsp3) is 0.250. The number of hydrogen-bond acceptors (Lipinski definition) is 3. The molecular formula is C12H12Cl2O3. The lowest BCUT2D eigenvalue weighted by atomic mass is 10.3. The molecule has 0 spiro atoms. The molecule has 17 heavy (non-hydrogen) atoms. The van der Waals surface area contributed by atoms with E-state index in [2.05, 4.69) is 0 Å². The summed E-state index contributed by atoms with van der Waals surface area (Å²) >= 11 is 11.7. The zero-order chi connectivity index (χ0) is 12.8. The number of rotatable bonds is 4. The van der Waals surface area contributed by atoms with Crippen molar-refractivity contribution in [3.63, 3.8) is 0 Å². The molecule has 0 aliphatic rings. The molecule has 0 aromatic heterocycles. The summed E-state index contributed by atoms with van der Waals surface area (Å²) < 4.78 is 10.1. The van der Waals surface area contributed by atoms with Crippen LogP contribution in [0.15, 0.2) is 30.0 Å². The molecule has 0 fully saturated rings. The average Bonchev–Trinajstić information content (AvgIpc) is 2.22. The molecule has 3 nitrogen and oxygen atoms in total. The van der Waals surface area contributed by atoms with Crippen molar-refractivity contribution in [3.05, 3.63) is 40.1 Å². The van der Waals surface area contributed by atoms with Gasteiger partial charge < -0.3 is 9.47 Å². The van der Waals surface area contributed by atoms with Gasteiger partial charge in [0.15, 0.2) is 0 Å². The van der Waals surface area contributed by atoms with Crippen LogP contribution in [-0.2, 0) is 9.53 Å². The normalized spacial score (nSPS) is 11.2. The zero-order valence-corrected chi connectivity index (χ0v) is 11.0. The Balaban J connectivity index is 2.74. The topological polar surface area (TPSA) is 35.5 Å². The Hall–Kier alpha value is -1.19. The summed E-state index contributed by atoms with van der Waals surface area (Å²) in [5, 5.41) is 0.906. The van der Waals surface area contributed by atoms with Crippen molar-refractivity contribution < 1.29 is 14.3 Å². The molecule has 0 radical (unpaired) electrons. The maximum Gasteiger partial charge on any atom is 0.334 e. The molecular weight excluding hydrogens is 263 g/mol. The third-order valence-electron chi connectivity index (χ3n) is 1.77. The molecule has 0 heterocycles. The Labute approximate surface area is 110 Å². The molecule has 0 amide bonds. The summed E-state index contributed by atoms with van der Waals surface area (Å²) in [6, 6.07) is 4.85. The Kier molecular flexibility index (Phi) is 5.32. The largest absolute Gasteiger partial charge is 0.463 e. The van der Waals surface area contributed by atoms with E-state index in [1.807, 2.05) is 0 Å². The Morgan fingerprint density at radius 3 is 2.71 bits per heavy atom. The van der Waals surface area contributed by atoms with Crippen molar-refractivity contribution in [2.24, 2.45) is 0 Å². The van der Waals surface area contributed by atoms with Gasteiger partial charge in [0.25, 0.3) is 0 Å². The van der Waals surface area contributed by atoms with E-state index in [9.17, 15) is 4.79 Å². The van der Waals surface area contributed by atoms with Gasteiger partial charge in [-0.3, -0.25) is 0 Å². The molecule has 0 aliphatic heterocycles. The standard InChI is InChI=1S/C12H12Cl2O3/c1-3-16-12(15)6-8(2)17-11-5-4-9(13)7-10(11)14/h4-7H,3H2,1-2H3/b8-6+. The minimum Gasteiger partial charge on any atom is -0.463 e. The highest BCUT2D eigenvalue weighted by Crippen LogP contribution is 2.28. The molecule has 1 rings (SSSR count). The molecule has 0 aliphatic carbocycles. The van der Waals surface area contributed by atoms with Gasteiger partial charge in [0, 0.05) is 5.02 Å². The quantitative estimate of drug-likeness (QED) is 0.476. The molecule has 0 N–H and O–H groups in total. The molecule has 0 saturated heterocycles. The summed E-state index contributed by atoms with van der Waals surface area (Å²) in [6.07, 6.45) is 1.26. The lowest BCUT2D eigenvalue weighted by Crippen LogP contribution is -2.02. The number of halogens is 2. The number of carbonyl (C=O) groups excluding carboxylic acids is 1. The number of esters is 1. The van der Waals surface area contributed by atoms with E-state index >= 15 is 0 Å². The first-order valence-electron chi connectivity index (χ1n) is 5.01. The van der Waals surface area contributed by atoms with Crippen LogP contribution in [-0.4, -0.2) is 12.6 Å². The Bertz CT molecular complexity index is 441. The van der Waals surface area contributed by atoms with Crippen molar-refractivity contribution >= 4 is 29.2 Å². The van der Waals surface area contributed by atoms with Crippen molar-refractivity contribution in [2.45, 2.75) is 13.8 Å². The van der Waals surface area contributed by atoms with Gasteiger partial charge in [-0.2, -0.15) is 0 Å². The Morgan fingerprint density at radius 2 is 2.12 bits per heavy atom. The van der Waals surface area contributed by atoms with Gasteiger partial charge in [-0.25, -0.2) is 4.79 Å². The second-order valence-electron chi connectivity index (χ2n) is 3.18. The number of benzene rings is 1. The van der Waals surface area contributed by atoms with E-state index in [4.69, 9.17) is 32.7 Å². The zero-order valence-electron chi connectivity index (χ0n) is 9.50. The van der Waals surface area contributed by atoms with Crippen LogP contribution in [0, 0.1) is 0 Å². The first kappa shape index (κ1) is 13.9. The maximum atomic E-state index is 11.2. The molecule has 5 heteroatoms. The second kappa shape index (κ2) is 6.52. The summed E-state index contributed by atoms with van der Waals surface area (Å²) in [6.45, 7) is 3.70. The summed E-state index contributed by atoms with van der Waals surface area (Å²) in [4.78, 5) is 11.2. The molecule has 0 atom stereocenters. The first-order chi connectivity index (χ1) is 8.02. The van der Waals surface area contributed by atoms with E-state index in [1.165, 1.54) is 6.08 Å². The Morgan fingerprint density at radius 1 is 1.41 bits per heavy atom. The molecule has 0 saturated carbocycles. The van der Waals surface area contributed by atoms with Crippen LogP contribution >= 0.6 is 23.2 Å². The smallest absolute Gasteiger partial charge is 0.334 e. The SMILES string of the molecule is CCOC(=O)/C=C(\C)Oc1ccc(Cl)cc1Cl. The highest BCUT2D eigenvalue weighted by molar-refractivity contribution is 6.35. The van der Waals surface area contributed by atoms with Gasteiger partial charge >= 0.3 is 5.97 Å². The summed E-state index contributed by atoms with van der Waals surface area (Å²) in [5.41, 5.74) is 0. The van der Waals surface area contributed by atoms with Gasteiger partial charge in [-0.05, 0) is 32.0 Å². The van der Waals surface area contributed by atoms with Crippen molar-refractivity contribution in [1.29, 1.82) is 0 Å². The molecule has 92 valence electrons. The molecule has 0 unspecified atom stereocenters. The van der Waals surface area contributed by atoms with Gasteiger partial charge in [-0.1, -0.05) is 23.2 Å². The van der Waals surface area contributed by atoms with Gasteiger partial charge in [0.1, 0.15) is 11.5 Å². The summed E-state index contributed by atoms with van der Waals surface area (Å²) in [5.74, 6) is 0.386. The van der Waals surface area contributed by atoms with Gasteiger partial charge in [0.2, 0.25) is 0 Å². The molecule has 1 aromatic carbocycles. The minimum absolute atomic E-state index is 0.324. The molecule has 0 bridgehead atoms. The van der Waals surface area contributed by atoms with Crippen molar-refractivity contribution in [1.82, 2.24) is 0 Å². The number of hydrogen-bond donors (Lipinski definition) is 0. The van der Waals surface area contributed by atoms with Gasteiger partial charge in [-0.15, -0.1) is 0 Å². The fourth-order valence-corrected chi connectivity index (χ4v) is 1.56. The van der Waals surface area contributed by atoms with Gasteiger partial charge in [0.05, 0.1) is 17.7 Å². The third-order valence-corrected chi connectivity index (χ3v) is 2.30. The van der Waals surface area contributed by atoms with E-state index < -0.39 is 5.97 Å². The number of carbonyl (C=O) groups is 1. The predicted octanol–water partition coefficient (Wildman–Crippen LogP) is 3.84. The maximum absolute atomic E-state index is 11.2. The van der Waals surface area contributed by atoms with Crippen LogP contribution in [0.2, 0.25) is 10.0 Å². The van der Waals surface area contributed by atoms with Crippen LogP contribution in [0.1, 0.15) is 13.8 Å². The van der Waals surface area contributed by atoms with Crippen LogP contribution in [0.5, 0.6) is 5.75 Å². The van der Waals surface area contributed by atoms with Crippen molar-refractivity contribution in [3.8, 4) is 5.75 Å². The van der Waals surface area contributed by atoms with Crippen LogP contribution in [0.3, 0.4) is 0 Å². The summed E-state index contributed by atoms with van der Waals surface area (Å²) in [7, 11) is 0. The number of allylic oxidation sites excluding steroid dienone is 1. The lowest BCUT2D eigenvalue weighted by Gasteiger charge is -2.07. The highest BCUT2D eigenvalue weighted by atomic mass is 35.5. The second-order valence-corrected chi connectivity index (χ2v) is 4.03. The highest BCUT2D eigenvalue weighted by Gasteiger charge is 2.05. The van der Waals surface area contributed by atoms with E-state index in [-0.39, 0.29) is 0 Å². The minimum atomic E-state index is -0.449. The number of ether oxygens (including phenoxy) is 2. The van der Waals surface area contributed by atoms with E-state index in [0.29, 0.717) is 28.2 Å². The first-order valence-corrected chi connectivity index (χ1v) is 5.76. The van der Waals surface area contributed by atoms with Crippen molar-refractivity contribution in [2.75, 3.05) is 6.61 Å². The predicted molar refractivity (Wildman–Crippen MR) is 67.5 cm³/mol. The lowest BCUT2D eigenvalue weighted by molar-refractivity contribution is -0.137. The molecule has 1 aromatic rings. The monoisotopic (exact) mass is 274 g/mol. The average molecular weight is 275 g/mol. The van der Waals surface area contributed by atoms with Crippen LogP contribution in [0.4, 0.5) is 0 Å². The fourth-order valence-electron chi connectivity index (χ4n) is 1.11. The third kappa shape index (κ3) is 4.67. The van der Waals surface area contributed by atoms with E-state index in [1.54, 1.807) is 32.0 Å². The van der Waals surface area contributed by atoms with Crippen LogP contribution < -0.4 is 4.74 Å².